The molecular weight excluding hydrogens is 414 g/mol. The van der Waals surface area contributed by atoms with E-state index in [4.69, 9.17) is 9.47 Å². The number of amides is 1. The van der Waals surface area contributed by atoms with Crippen LogP contribution >= 0.6 is 0 Å². The van der Waals surface area contributed by atoms with Gasteiger partial charge in [-0.25, -0.2) is 0 Å². The van der Waals surface area contributed by atoms with Crippen molar-refractivity contribution in [3.05, 3.63) is 63.7 Å². The van der Waals surface area contributed by atoms with Gasteiger partial charge in [0.25, 0.3) is 11.6 Å². The molecule has 0 radical (unpaired) electrons. The van der Waals surface area contributed by atoms with Crippen LogP contribution in [0, 0.1) is 10.1 Å². The number of nitrogens with zero attached hydrogens (tertiary/aromatic N) is 3. The standard InChI is InChI=1S/C23H27N3O6/c1-15(27)32-22-18(16-8-10-17(31-4)11-9-16)14-19-20(6-5-7-21(19)26(29)30)25(23(22)28)13-12-24(2)3/h5-11,18,22H,12-14H2,1-4H3. The van der Waals surface area contributed by atoms with Crippen molar-refractivity contribution in [3.8, 4) is 5.75 Å². The van der Waals surface area contributed by atoms with Crippen LogP contribution in [0.15, 0.2) is 42.5 Å². The molecule has 0 saturated carbocycles. The summed E-state index contributed by atoms with van der Waals surface area (Å²) < 4.78 is 10.7. The number of ether oxygens (including phenoxy) is 2. The van der Waals surface area contributed by atoms with E-state index >= 15 is 0 Å². The number of esters is 1. The number of carbonyl (C=O) groups excluding carboxylic acids is 2. The summed E-state index contributed by atoms with van der Waals surface area (Å²) in [7, 11) is 5.30. The molecule has 3 rings (SSSR count). The molecule has 0 N–H and O–H groups in total. The van der Waals surface area contributed by atoms with Crippen LogP contribution in [0.25, 0.3) is 0 Å². The summed E-state index contributed by atoms with van der Waals surface area (Å²) in [4.78, 5) is 40.4. The maximum atomic E-state index is 13.7. The number of benzene rings is 2. The highest BCUT2D eigenvalue weighted by Gasteiger charge is 2.42. The Bertz CT molecular complexity index is 1010. The first-order valence-corrected chi connectivity index (χ1v) is 10.3. The molecule has 1 heterocycles. The Labute approximate surface area is 186 Å². The van der Waals surface area contributed by atoms with Crippen LogP contribution in [0.3, 0.4) is 0 Å². The summed E-state index contributed by atoms with van der Waals surface area (Å²) in [6, 6.07) is 11.8. The van der Waals surface area contributed by atoms with Gasteiger partial charge in [0.05, 0.1) is 23.3 Å². The van der Waals surface area contributed by atoms with E-state index in [9.17, 15) is 19.7 Å². The molecule has 32 heavy (non-hydrogen) atoms. The lowest BCUT2D eigenvalue weighted by Crippen LogP contribution is -2.45. The number of nitro benzene ring substituents is 1. The molecule has 0 aromatic heterocycles. The molecule has 2 atom stereocenters. The third-order valence-corrected chi connectivity index (χ3v) is 5.52. The fraction of sp³-hybridized carbons (Fsp3) is 0.391. The second-order valence-corrected chi connectivity index (χ2v) is 7.94. The van der Waals surface area contributed by atoms with E-state index in [0.29, 0.717) is 30.1 Å². The normalized spacial score (nSPS) is 18.2. The number of likely N-dealkylation sites (N-methyl/N-ethyl adjacent to an activating group) is 1. The Morgan fingerprint density at radius 1 is 1.22 bits per heavy atom. The number of hydrogen-bond acceptors (Lipinski definition) is 7. The zero-order valence-corrected chi connectivity index (χ0v) is 18.6. The SMILES string of the molecule is COc1ccc(C2Cc3c(cccc3[N+](=O)[O-])N(CCN(C)C)C(=O)C2OC(C)=O)cc1. The zero-order valence-electron chi connectivity index (χ0n) is 18.6. The van der Waals surface area contributed by atoms with E-state index in [2.05, 4.69) is 0 Å². The lowest BCUT2D eigenvalue weighted by molar-refractivity contribution is -0.385. The maximum absolute atomic E-state index is 13.7. The summed E-state index contributed by atoms with van der Waals surface area (Å²) in [5.74, 6) is -0.949. The van der Waals surface area contributed by atoms with Gasteiger partial charge in [0.15, 0.2) is 6.10 Å². The second-order valence-electron chi connectivity index (χ2n) is 7.94. The molecule has 9 nitrogen and oxygen atoms in total. The first-order valence-electron chi connectivity index (χ1n) is 10.3. The number of carbonyl (C=O) groups is 2. The number of fused-ring (bicyclic) bond motifs is 1. The molecule has 1 aliphatic rings. The summed E-state index contributed by atoms with van der Waals surface area (Å²) in [5.41, 5.74) is 1.58. The Balaban J connectivity index is 2.18. The molecule has 1 aliphatic heterocycles. The number of rotatable bonds is 7. The smallest absolute Gasteiger partial charge is 0.303 e. The summed E-state index contributed by atoms with van der Waals surface area (Å²) in [5, 5.41) is 11.8. The molecule has 2 aromatic rings. The minimum atomic E-state index is -1.12. The van der Waals surface area contributed by atoms with E-state index in [1.54, 1.807) is 43.5 Å². The molecule has 2 aromatic carbocycles. The Hall–Kier alpha value is -3.46. The predicted octanol–water partition coefficient (Wildman–Crippen LogP) is 2.77. The number of hydrogen-bond donors (Lipinski definition) is 0. The highest BCUT2D eigenvalue weighted by molar-refractivity contribution is 6.00. The van der Waals surface area contributed by atoms with Crippen LogP contribution < -0.4 is 9.64 Å². The molecule has 170 valence electrons. The second kappa shape index (κ2) is 9.78. The van der Waals surface area contributed by atoms with Gasteiger partial charge in [0.1, 0.15) is 5.75 Å². The van der Waals surface area contributed by atoms with Crippen molar-refractivity contribution in [2.45, 2.75) is 25.4 Å². The van der Waals surface area contributed by atoms with E-state index in [1.165, 1.54) is 17.9 Å². The highest BCUT2D eigenvalue weighted by atomic mass is 16.6. The Morgan fingerprint density at radius 3 is 2.47 bits per heavy atom. The fourth-order valence-electron chi connectivity index (χ4n) is 3.95. The van der Waals surface area contributed by atoms with E-state index in [1.807, 2.05) is 19.0 Å². The van der Waals surface area contributed by atoms with Gasteiger partial charge >= 0.3 is 5.97 Å². The van der Waals surface area contributed by atoms with Gasteiger partial charge in [0, 0.05) is 32.0 Å². The third-order valence-electron chi connectivity index (χ3n) is 5.52. The topological polar surface area (TPSA) is 102 Å². The van der Waals surface area contributed by atoms with Crippen LogP contribution in [0.2, 0.25) is 0 Å². The molecular formula is C23H27N3O6. The average Bonchev–Trinajstić information content (AvgIpc) is 2.86. The quantitative estimate of drug-likeness (QED) is 0.370. The van der Waals surface area contributed by atoms with Gasteiger partial charge in [-0.1, -0.05) is 18.2 Å². The minimum absolute atomic E-state index is 0.0628. The fourth-order valence-corrected chi connectivity index (χ4v) is 3.95. The first-order chi connectivity index (χ1) is 15.2. The molecule has 0 fully saturated rings. The minimum Gasteiger partial charge on any atom is -0.497 e. The van der Waals surface area contributed by atoms with Crippen molar-refractivity contribution >= 4 is 23.3 Å². The Morgan fingerprint density at radius 2 is 1.91 bits per heavy atom. The zero-order chi connectivity index (χ0) is 23.4. The summed E-state index contributed by atoms with van der Waals surface area (Å²) in [6.45, 7) is 2.09. The van der Waals surface area contributed by atoms with Crippen LogP contribution in [-0.2, 0) is 20.7 Å². The van der Waals surface area contributed by atoms with Crippen LogP contribution in [-0.4, -0.2) is 62.1 Å². The van der Waals surface area contributed by atoms with Crippen molar-refractivity contribution in [1.29, 1.82) is 0 Å². The molecule has 0 saturated heterocycles. The Kier molecular flexibility index (Phi) is 7.09. The van der Waals surface area contributed by atoms with Crippen molar-refractivity contribution in [2.24, 2.45) is 0 Å². The van der Waals surface area contributed by atoms with Crippen molar-refractivity contribution in [2.75, 3.05) is 39.2 Å². The van der Waals surface area contributed by atoms with Gasteiger partial charge < -0.3 is 19.3 Å². The van der Waals surface area contributed by atoms with Crippen molar-refractivity contribution < 1.29 is 24.0 Å². The number of anilines is 1. The molecule has 2 unspecified atom stereocenters. The summed E-state index contributed by atoms with van der Waals surface area (Å²) in [6.07, 6.45) is -0.948. The first kappa shape index (κ1) is 23.2. The van der Waals surface area contributed by atoms with Crippen LogP contribution in [0.5, 0.6) is 5.75 Å². The van der Waals surface area contributed by atoms with Gasteiger partial charge in [-0.15, -0.1) is 0 Å². The van der Waals surface area contributed by atoms with Crippen molar-refractivity contribution in [3.63, 3.8) is 0 Å². The molecule has 0 bridgehead atoms. The molecule has 0 spiro atoms. The van der Waals surface area contributed by atoms with Crippen LogP contribution in [0.4, 0.5) is 11.4 Å². The van der Waals surface area contributed by atoms with Gasteiger partial charge in [-0.05, 0) is 44.3 Å². The van der Waals surface area contributed by atoms with Crippen LogP contribution in [0.1, 0.15) is 24.0 Å². The monoisotopic (exact) mass is 441 g/mol. The molecule has 1 amide bonds. The third kappa shape index (κ3) is 4.88. The lowest BCUT2D eigenvalue weighted by atomic mass is 9.87. The largest absolute Gasteiger partial charge is 0.497 e. The van der Waals surface area contributed by atoms with E-state index in [0.717, 1.165) is 5.56 Å². The number of nitro groups is 1. The van der Waals surface area contributed by atoms with Gasteiger partial charge in [-0.3, -0.25) is 19.7 Å². The van der Waals surface area contributed by atoms with E-state index in [-0.39, 0.29) is 12.1 Å². The molecule has 0 aliphatic carbocycles. The summed E-state index contributed by atoms with van der Waals surface area (Å²) >= 11 is 0. The maximum Gasteiger partial charge on any atom is 0.303 e. The number of methoxy groups -OCH3 is 1. The highest BCUT2D eigenvalue weighted by Crippen LogP contribution is 2.40. The van der Waals surface area contributed by atoms with Gasteiger partial charge in [-0.2, -0.15) is 0 Å². The predicted molar refractivity (Wildman–Crippen MR) is 119 cm³/mol. The average molecular weight is 441 g/mol. The van der Waals surface area contributed by atoms with E-state index < -0.39 is 28.8 Å². The van der Waals surface area contributed by atoms with Gasteiger partial charge in [0.2, 0.25) is 0 Å². The lowest BCUT2D eigenvalue weighted by Gasteiger charge is -2.29. The molecule has 9 heteroatoms. The van der Waals surface area contributed by atoms with Crippen molar-refractivity contribution in [1.82, 2.24) is 4.90 Å².